The number of aliphatic hydroxyl groups excluding tert-OH is 1. The minimum Gasteiger partial charge on any atom is -0.390 e. The summed E-state index contributed by atoms with van der Waals surface area (Å²) in [7, 11) is 1.66. The SMILES string of the molecule is CCCCCCCCC/C=C/C(=O)CCC1CCC(O)[C@H](OC)C1. The van der Waals surface area contributed by atoms with Crippen molar-refractivity contribution in [1.82, 2.24) is 0 Å². The monoisotopic (exact) mass is 338 g/mol. The number of rotatable bonds is 13. The molecule has 0 aliphatic heterocycles. The molecule has 0 aromatic rings. The fourth-order valence-electron chi connectivity index (χ4n) is 3.58. The fourth-order valence-corrected chi connectivity index (χ4v) is 3.58. The van der Waals surface area contributed by atoms with E-state index in [4.69, 9.17) is 4.74 Å². The highest BCUT2D eigenvalue weighted by Gasteiger charge is 2.28. The van der Waals surface area contributed by atoms with E-state index >= 15 is 0 Å². The fraction of sp³-hybridized carbons (Fsp3) is 0.857. The normalized spacial score (nSPS) is 24.5. The van der Waals surface area contributed by atoms with Gasteiger partial charge in [-0.25, -0.2) is 0 Å². The van der Waals surface area contributed by atoms with E-state index in [1.54, 1.807) is 13.2 Å². The van der Waals surface area contributed by atoms with E-state index in [1.807, 2.05) is 0 Å². The molecular formula is C21H38O3. The predicted octanol–water partition coefficient (Wildman–Crippen LogP) is 5.21. The summed E-state index contributed by atoms with van der Waals surface area (Å²) in [6.07, 6.45) is 17.9. The van der Waals surface area contributed by atoms with Crippen molar-refractivity contribution in [3.05, 3.63) is 12.2 Å². The van der Waals surface area contributed by atoms with Crippen LogP contribution in [-0.2, 0) is 9.53 Å². The summed E-state index contributed by atoms with van der Waals surface area (Å²) in [5, 5.41) is 9.81. The van der Waals surface area contributed by atoms with Crippen molar-refractivity contribution in [2.75, 3.05) is 7.11 Å². The van der Waals surface area contributed by atoms with Crippen molar-refractivity contribution in [1.29, 1.82) is 0 Å². The summed E-state index contributed by atoms with van der Waals surface area (Å²) in [6, 6.07) is 0. The molecule has 3 atom stereocenters. The van der Waals surface area contributed by atoms with Crippen LogP contribution >= 0.6 is 0 Å². The van der Waals surface area contributed by atoms with Crippen LogP contribution in [-0.4, -0.2) is 30.2 Å². The Hall–Kier alpha value is -0.670. The molecule has 1 rings (SSSR count). The molecule has 24 heavy (non-hydrogen) atoms. The van der Waals surface area contributed by atoms with Gasteiger partial charge in [0.25, 0.3) is 0 Å². The third kappa shape index (κ3) is 9.58. The smallest absolute Gasteiger partial charge is 0.155 e. The average Bonchev–Trinajstić information content (AvgIpc) is 2.59. The maximum atomic E-state index is 11.9. The molecule has 0 aromatic heterocycles. The lowest BCUT2D eigenvalue weighted by atomic mass is 9.82. The molecule has 0 amide bonds. The Morgan fingerprint density at radius 2 is 1.83 bits per heavy atom. The molecule has 1 N–H and O–H groups in total. The second-order valence-electron chi connectivity index (χ2n) is 7.34. The quantitative estimate of drug-likeness (QED) is 0.370. The lowest BCUT2D eigenvalue weighted by molar-refractivity contribution is -0.115. The third-order valence-corrected chi connectivity index (χ3v) is 5.25. The van der Waals surface area contributed by atoms with Crippen molar-refractivity contribution in [2.24, 2.45) is 5.92 Å². The molecule has 3 nitrogen and oxygen atoms in total. The Labute approximate surface area is 148 Å². The first-order valence-corrected chi connectivity index (χ1v) is 10.1. The van der Waals surface area contributed by atoms with E-state index in [2.05, 4.69) is 13.0 Å². The molecule has 0 bridgehead atoms. The molecule has 2 unspecified atom stereocenters. The number of unbranched alkanes of at least 4 members (excludes halogenated alkanes) is 7. The molecule has 0 aromatic carbocycles. The van der Waals surface area contributed by atoms with E-state index in [0.717, 1.165) is 32.1 Å². The molecule has 0 spiro atoms. The van der Waals surface area contributed by atoms with Gasteiger partial charge in [-0.1, -0.05) is 51.5 Å². The van der Waals surface area contributed by atoms with E-state index < -0.39 is 0 Å². The van der Waals surface area contributed by atoms with E-state index in [9.17, 15) is 9.90 Å². The highest BCUT2D eigenvalue weighted by Crippen LogP contribution is 2.29. The standard InChI is InChI=1S/C21H38O3/c1-3-4-5-6-7-8-9-10-11-12-19(22)15-13-18-14-16-20(23)21(17-18)24-2/h11-12,18,20-21,23H,3-10,13-17H2,1-2H3/b12-11+/t18?,20?,21-/m1/s1. The maximum Gasteiger partial charge on any atom is 0.155 e. The Bertz CT molecular complexity index is 351. The first-order valence-electron chi connectivity index (χ1n) is 10.1. The number of hydrogen-bond acceptors (Lipinski definition) is 3. The van der Waals surface area contributed by atoms with Crippen LogP contribution in [0.15, 0.2) is 12.2 Å². The van der Waals surface area contributed by atoms with Gasteiger partial charge in [0.05, 0.1) is 12.2 Å². The van der Waals surface area contributed by atoms with Crippen LogP contribution in [0.4, 0.5) is 0 Å². The van der Waals surface area contributed by atoms with E-state index in [0.29, 0.717) is 12.3 Å². The average molecular weight is 339 g/mol. The summed E-state index contributed by atoms with van der Waals surface area (Å²) >= 11 is 0. The molecule has 1 aliphatic carbocycles. The molecule has 0 heterocycles. The number of carbonyl (C=O) groups is 1. The topological polar surface area (TPSA) is 46.5 Å². The Balaban J connectivity index is 2.03. The molecule has 0 radical (unpaired) electrons. The molecule has 140 valence electrons. The number of allylic oxidation sites excluding steroid dienone is 2. The molecule has 1 aliphatic rings. The molecule has 1 fully saturated rings. The van der Waals surface area contributed by atoms with Gasteiger partial charge in [0.15, 0.2) is 5.78 Å². The first-order chi connectivity index (χ1) is 11.7. The zero-order chi connectivity index (χ0) is 17.6. The largest absolute Gasteiger partial charge is 0.390 e. The maximum absolute atomic E-state index is 11.9. The lowest BCUT2D eigenvalue weighted by Crippen LogP contribution is -2.35. The van der Waals surface area contributed by atoms with Crippen LogP contribution in [0.2, 0.25) is 0 Å². The predicted molar refractivity (Wildman–Crippen MR) is 100 cm³/mol. The molecule has 1 saturated carbocycles. The number of ether oxygens (including phenoxy) is 1. The van der Waals surface area contributed by atoms with Crippen molar-refractivity contribution >= 4 is 5.78 Å². The number of ketones is 1. The van der Waals surface area contributed by atoms with Crippen molar-refractivity contribution in [3.63, 3.8) is 0 Å². The number of carbonyl (C=O) groups excluding carboxylic acids is 1. The second-order valence-corrected chi connectivity index (χ2v) is 7.34. The van der Waals surface area contributed by atoms with Crippen molar-refractivity contribution < 1.29 is 14.6 Å². The van der Waals surface area contributed by atoms with Crippen LogP contribution in [0.1, 0.15) is 90.4 Å². The van der Waals surface area contributed by atoms with Crippen LogP contribution in [0, 0.1) is 5.92 Å². The van der Waals surface area contributed by atoms with Gasteiger partial charge in [0, 0.05) is 13.5 Å². The zero-order valence-corrected chi connectivity index (χ0v) is 15.8. The van der Waals surface area contributed by atoms with Gasteiger partial charge in [0.2, 0.25) is 0 Å². The van der Waals surface area contributed by atoms with Crippen molar-refractivity contribution in [2.45, 2.75) is 103 Å². The summed E-state index contributed by atoms with van der Waals surface area (Å²) < 4.78 is 5.32. The summed E-state index contributed by atoms with van der Waals surface area (Å²) in [5.41, 5.74) is 0. The van der Waals surface area contributed by atoms with Gasteiger partial charge in [-0.2, -0.15) is 0 Å². The summed E-state index contributed by atoms with van der Waals surface area (Å²) in [6.45, 7) is 2.25. The Morgan fingerprint density at radius 3 is 2.54 bits per heavy atom. The van der Waals surface area contributed by atoms with Gasteiger partial charge >= 0.3 is 0 Å². The second kappa shape index (κ2) is 13.6. The minimum absolute atomic E-state index is 0.0493. The summed E-state index contributed by atoms with van der Waals surface area (Å²) in [5.74, 6) is 0.761. The zero-order valence-electron chi connectivity index (χ0n) is 15.8. The van der Waals surface area contributed by atoms with Gasteiger partial charge in [-0.15, -0.1) is 0 Å². The number of aliphatic hydroxyl groups is 1. The van der Waals surface area contributed by atoms with Gasteiger partial charge < -0.3 is 9.84 Å². The van der Waals surface area contributed by atoms with Gasteiger partial charge in [0.1, 0.15) is 0 Å². The molecule has 0 saturated heterocycles. The number of hydrogen-bond donors (Lipinski definition) is 1. The Morgan fingerprint density at radius 1 is 1.12 bits per heavy atom. The highest BCUT2D eigenvalue weighted by atomic mass is 16.5. The lowest BCUT2D eigenvalue weighted by Gasteiger charge is -2.32. The van der Waals surface area contributed by atoms with Crippen LogP contribution in [0.3, 0.4) is 0 Å². The molecular weight excluding hydrogens is 300 g/mol. The van der Waals surface area contributed by atoms with Crippen LogP contribution < -0.4 is 0 Å². The first kappa shape index (κ1) is 21.4. The highest BCUT2D eigenvalue weighted by molar-refractivity contribution is 5.89. The number of methoxy groups -OCH3 is 1. The molecule has 3 heteroatoms. The van der Waals surface area contributed by atoms with Gasteiger partial charge in [-0.05, 0) is 50.5 Å². The van der Waals surface area contributed by atoms with E-state index in [-0.39, 0.29) is 18.0 Å². The Kier molecular flexibility index (Phi) is 12.1. The van der Waals surface area contributed by atoms with E-state index in [1.165, 1.54) is 44.9 Å². The third-order valence-electron chi connectivity index (χ3n) is 5.25. The minimum atomic E-state index is -0.330. The van der Waals surface area contributed by atoms with Gasteiger partial charge in [-0.3, -0.25) is 4.79 Å². The van der Waals surface area contributed by atoms with Crippen LogP contribution in [0.25, 0.3) is 0 Å². The summed E-state index contributed by atoms with van der Waals surface area (Å²) in [4.78, 5) is 11.9. The van der Waals surface area contributed by atoms with Crippen molar-refractivity contribution in [3.8, 4) is 0 Å². The van der Waals surface area contributed by atoms with Crippen LogP contribution in [0.5, 0.6) is 0 Å².